The number of halogens is 1. The standard InChI is InChI=1S/C19H13BrN2O3S/c20-15-6-2-5-14(11-15)18(23)22-21-12-13-4-1-7-16(10-13)25-19(24)17-8-3-9-26-17/h1-12H,(H,22,23)/b21-12-. The monoisotopic (exact) mass is 428 g/mol. The second kappa shape index (κ2) is 8.55. The Balaban J connectivity index is 1.62. The van der Waals surface area contributed by atoms with Crippen molar-refractivity contribution in [1.29, 1.82) is 0 Å². The summed E-state index contributed by atoms with van der Waals surface area (Å²) in [4.78, 5) is 24.5. The Morgan fingerprint density at radius 1 is 1.08 bits per heavy atom. The summed E-state index contributed by atoms with van der Waals surface area (Å²) in [6.07, 6.45) is 1.48. The molecular formula is C19H13BrN2O3S. The van der Waals surface area contributed by atoms with E-state index in [0.717, 1.165) is 4.47 Å². The van der Waals surface area contributed by atoms with Gasteiger partial charge in [0.25, 0.3) is 5.91 Å². The summed E-state index contributed by atoms with van der Waals surface area (Å²) in [5.74, 6) is -0.314. The molecule has 0 unspecified atom stereocenters. The van der Waals surface area contributed by atoms with Crippen LogP contribution in [0, 0.1) is 0 Å². The number of nitrogens with zero attached hydrogens (tertiary/aromatic N) is 1. The lowest BCUT2D eigenvalue weighted by molar-refractivity contribution is 0.0739. The van der Waals surface area contributed by atoms with Crippen LogP contribution in [-0.4, -0.2) is 18.1 Å². The van der Waals surface area contributed by atoms with Crippen molar-refractivity contribution >= 4 is 45.4 Å². The van der Waals surface area contributed by atoms with Crippen LogP contribution in [0.2, 0.25) is 0 Å². The Labute approximate surface area is 162 Å². The lowest BCUT2D eigenvalue weighted by Gasteiger charge is -2.03. The first kappa shape index (κ1) is 18.0. The smallest absolute Gasteiger partial charge is 0.353 e. The fraction of sp³-hybridized carbons (Fsp3) is 0. The van der Waals surface area contributed by atoms with E-state index >= 15 is 0 Å². The second-order valence-corrected chi connectivity index (χ2v) is 7.01. The van der Waals surface area contributed by atoms with E-state index in [-0.39, 0.29) is 5.91 Å². The average molecular weight is 429 g/mol. The number of esters is 1. The van der Waals surface area contributed by atoms with Gasteiger partial charge in [-0.25, -0.2) is 10.2 Å². The van der Waals surface area contributed by atoms with Gasteiger partial charge >= 0.3 is 5.97 Å². The number of hydrogen-bond acceptors (Lipinski definition) is 5. The number of carbonyl (C=O) groups is 2. The van der Waals surface area contributed by atoms with E-state index in [1.165, 1.54) is 17.6 Å². The summed E-state index contributed by atoms with van der Waals surface area (Å²) in [6.45, 7) is 0. The number of hydrogen-bond donors (Lipinski definition) is 1. The largest absolute Gasteiger partial charge is 0.422 e. The predicted molar refractivity (Wildman–Crippen MR) is 105 cm³/mol. The molecular weight excluding hydrogens is 416 g/mol. The van der Waals surface area contributed by atoms with Gasteiger partial charge in [0.2, 0.25) is 0 Å². The molecule has 0 aliphatic carbocycles. The molecule has 26 heavy (non-hydrogen) atoms. The van der Waals surface area contributed by atoms with E-state index in [4.69, 9.17) is 4.74 Å². The first-order valence-corrected chi connectivity index (χ1v) is 9.24. The number of hydrazone groups is 1. The molecule has 0 radical (unpaired) electrons. The highest BCUT2D eigenvalue weighted by Crippen LogP contribution is 2.16. The summed E-state index contributed by atoms with van der Waals surface area (Å²) in [5, 5.41) is 5.75. The van der Waals surface area contributed by atoms with E-state index in [1.807, 2.05) is 11.4 Å². The van der Waals surface area contributed by atoms with E-state index in [1.54, 1.807) is 54.6 Å². The number of rotatable bonds is 5. The third-order valence-corrected chi connectivity index (χ3v) is 4.60. The van der Waals surface area contributed by atoms with Crippen LogP contribution in [0.4, 0.5) is 0 Å². The van der Waals surface area contributed by atoms with Gasteiger partial charge in [-0.1, -0.05) is 40.2 Å². The lowest BCUT2D eigenvalue weighted by Crippen LogP contribution is -2.17. The van der Waals surface area contributed by atoms with Crippen molar-refractivity contribution in [2.75, 3.05) is 0 Å². The molecule has 5 nitrogen and oxygen atoms in total. The van der Waals surface area contributed by atoms with E-state index < -0.39 is 5.97 Å². The van der Waals surface area contributed by atoms with Gasteiger partial charge in [0, 0.05) is 10.0 Å². The Morgan fingerprint density at radius 2 is 1.92 bits per heavy atom. The Kier molecular flexibility index (Phi) is 5.93. The van der Waals surface area contributed by atoms with Crippen LogP contribution < -0.4 is 10.2 Å². The maximum atomic E-state index is 12.0. The highest BCUT2D eigenvalue weighted by atomic mass is 79.9. The first-order chi connectivity index (χ1) is 12.6. The third kappa shape index (κ3) is 4.87. The zero-order valence-corrected chi connectivity index (χ0v) is 15.8. The van der Waals surface area contributed by atoms with E-state index in [0.29, 0.717) is 21.8 Å². The van der Waals surface area contributed by atoms with Crippen molar-refractivity contribution in [3.8, 4) is 5.75 Å². The van der Waals surface area contributed by atoms with Crippen molar-refractivity contribution in [1.82, 2.24) is 5.43 Å². The van der Waals surface area contributed by atoms with Crippen LogP contribution in [0.5, 0.6) is 5.75 Å². The van der Waals surface area contributed by atoms with Crippen molar-refractivity contribution in [3.05, 3.63) is 86.5 Å². The minimum Gasteiger partial charge on any atom is -0.422 e. The molecule has 3 rings (SSSR count). The molecule has 1 N–H and O–H groups in total. The van der Waals surface area contributed by atoms with Crippen LogP contribution in [0.3, 0.4) is 0 Å². The quantitative estimate of drug-likeness (QED) is 0.281. The fourth-order valence-corrected chi connectivity index (χ4v) is 3.07. The van der Waals surface area contributed by atoms with Crippen LogP contribution in [0.15, 0.2) is 75.6 Å². The molecule has 130 valence electrons. The van der Waals surface area contributed by atoms with Gasteiger partial charge in [0.05, 0.1) is 6.21 Å². The van der Waals surface area contributed by atoms with Crippen molar-refractivity contribution < 1.29 is 14.3 Å². The molecule has 0 aliphatic rings. The van der Waals surface area contributed by atoms with Crippen molar-refractivity contribution in [3.63, 3.8) is 0 Å². The third-order valence-electron chi connectivity index (χ3n) is 3.26. The van der Waals surface area contributed by atoms with Gasteiger partial charge in [-0.05, 0) is 47.3 Å². The van der Waals surface area contributed by atoms with E-state index in [2.05, 4.69) is 26.5 Å². The van der Waals surface area contributed by atoms with Crippen LogP contribution >= 0.6 is 27.3 Å². The number of carbonyl (C=O) groups excluding carboxylic acids is 2. The minimum atomic E-state index is -0.406. The number of ether oxygens (including phenoxy) is 1. The molecule has 0 saturated heterocycles. The molecule has 1 aromatic heterocycles. The molecule has 0 atom stereocenters. The second-order valence-electron chi connectivity index (χ2n) is 5.15. The summed E-state index contributed by atoms with van der Waals surface area (Å²) in [5.41, 5.74) is 3.65. The zero-order chi connectivity index (χ0) is 18.4. The van der Waals surface area contributed by atoms with Gasteiger partial charge in [0.15, 0.2) is 0 Å². The molecule has 7 heteroatoms. The Morgan fingerprint density at radius 3 is 2.69 bits per heavy atom. The molecule has 2 aromatic carbocycles. The molecule has 3 aromatic rings. The van der Waals surface area contributed by atoms with E-state index in [9.17, 15) is 9.59 Å². The van der Waals surface area contributed by atoms with Crippen LogP contribution in [0.25, 0.3) is 0 Å². The van der Waals surface area contributed by atoms with Gasteiger partial charge < -0.3 is 4.74 Å². The number of amides is 1. The van der Waals surface area contributed by atoms with Gasteiger partial charge in [-0.15, -0.1) is 11.3 Å². The highest BCUT2D eigenvalue weighted by Gasteiger charge is 2.09. The molecule has 0 bridgehead atoms. The average Bonchev–Trinajstić information content (AvgIpc) is 3.17. The molecule has 0 saturated carbocycles. The van der Waals surface area contributed by atoms with Crippen molar-refractivity contribution in [2.45, 2.75) is 0 Å². The molecule has 0 spiro atoms. The summed E-state index contributed by atoms with van der Waals surface area (Å²) < 4.78 is 6.14. The summed E-state index contributed by atoms with van der Waals surface area (Å²) in [7, 11) is 0. The SMILES string of the molecule is O=C(N/N=C\c1cccc(OC(=O)c2cccs2)c1)c1cccc(Br)c1. The number of nitrogens with one attached hydrogen (secondary N) is 1. The van der Waals surface area contributed by atoms with Gasteiger partial charge in [-0.2, -0.15) is 5.10 Å². The van der Waals surface area contributed by atoms with Crippen LogP contribution in [-0.2, 0) is 0 Å². The summed E-state index contributed by atoms with van der Waals surface area (Å²) >= 11 is 4.64. The Hall–Kier alpha value is -2.77. The molecule has 0 fully saturated rings. The first-order valence-electron chi connectivity index (χ1n) is 7.56. The Bertz CT molecular complexity index is 955. The lowest BCUT2D eigenvalue weighted by atomic mass is 10.2. The summed E-state index contributed by atoms with van der Waals surface area (Å²) in [6, 6.07) is 17.4. The fourth-order valence-electron chi connectivity index (χ4n) is 2.07. The van der Waals surface area contributed by atoms with Crippen molar-refractivity contribution in [2.24, 2.45) is 5.10 Å². The maximum Gasteiger partial charge on any atom is 0.353 e. The predicted octanol–water partition coefficient (Wildman–Crippen LogP) is 4.49. The minimum absolute atomic E-state index is 0.317. The molecule has 1 amide bonds. The zero-order valence-electron chi connectivity index (χ0n) is 13.4. The normalized spacial score (nSPS) is 10.7. The number of thiophene rings is 1. The number of benzene rings is 2. The molecule has 0 aliphatic heterocycles. The maximum absolute atomic E-state index is 12.0. The molecule has 1 heterocycles. The van der Waals surface area contributed by atoms with Gasteiger partial charge in [-0.3, -0.25) is 4.79 Å². The van der Waals surface area contributed by atoms with Gasteiger partial charge in [0.1, 0.15) is 10.6 Å². The highest BCUT2D eigenvalue weighted by molar-refractivity contribution is 9.10. The van der Waals surface area contributed by atoms with Crippen LogP contribution in [0.1, 0.15) is 25.6 Å². The topological polar surface area (TPSA) is 67.8 Å².